The van der Waals surface area contributed by atoms with E-state index in [0.29, 0.717) is 10.2 Å². The van der Waals surface area contributed by atoms with Gasteiger partial charge in [0.1, 0.15) is 0 Å². The van der Waals surface area contributed by atoms with Gasteiger partial charge in [-0.1, -0.05) is 6.92 Å². The predicted molar refractivity (Wildman–Crippen MR) is 84.8 cm³/mol. The van der Waals surface area contributed by atoms with E-state index in [1.165, 1.54) is 6.07 Å². The third kappa shape index (κ3) is 3.75. The van der Waals surface area contributed by atoms with E-state index in [9.17, 15) is 9.59 Å². The Morgan fingerprint density at radius 3 is 2.86 bits per heavy atom. The normalized spacial score (nSPS) is 18.4. The lowest BCUT2D eigenvalue weighted by atomic mass is 10.0. The number of piperidine rings is 1. The minimum Gasteiger partial charge on any atom is -0.478 e. The number of nitrogens with zero attached hydrogens (tertiary/aromatic N) is 1. The zero-order valence-corrected chi connectivity index (χ0v) is 13.5. The Kier molecular flexibility index (Phi) is 5.22. The van der Waals surface area contributed by atoms with Crippen LogP contribution >= 0.6 is 15.9 Å². The molecule has 1 aromatic carbocycles. The number of carboxylic acids is 1. The quantitative estimate of drug-likeness (QED) is 0.863. The van der Waals surface area contributed by atoms with E-state index in [-0.39, 0.29) is 17.6 Å². The largest absolute Gasteiger partial charge is 0.478 e. The Bertz CT molecular complexity index is 548. The van der Waals surface area contributed by atoms with Crippen molar-refractivity contribution < 1.29 is 14.7 Å². The smallest absolute Gasteiger partial charge is 0.336 e. The topological polar surface area (TPSA) is 69.6 Å². The number of benzene rings is 1. The van der Waals surface area contributed by atoms with Gasteiger partial charge in [0, 0.05) is 22.7 Å². The van der Waals surface area contributed by atoms with Crippen molar-refractivity contribution in [2.24, 2.45) is 0 Å². The summed E-state index contributed by atoms with van der Waals surface area (Å²) >= 11 is 3.19. The zero-order valence-electron chi connectivity index (χ0n) is 11.9. The maximum atomic E-state index is 12.4. The van der Waals surface area contributed by atoms with Gasteiger partial charge in [0.25, 0.3) is 0 Å². The van der Waals surface area contributed by atoms with Gasteiger partial charge >= 0.3 is 12.0 Å². The van der Waals surface area contributed by atoms with Crippen LogP contribution < -0.4 is 5.32 Å². The van der Waals surface area contributed by atoms with Gasteiger partial charge in [0.05, 0.1) is 5.56 Å². The molecule has 2 amide bonds. The number of rotatable bonds is 3. The van der Waals surface area contributed by atoms with Crippen molar-refractivity contribution in [3.05, 3.63) is 28.2 Å². The molecule has 1 aliphatic rings. The third-order valence-corrected chi connectivity index (χ3v) is 4.50. The molecule has 21 heavy (non-hydrogen) atoms. The number of carbonyl (C=O) groups excluding carboxylic acids is 1. The average Bonchev–Trinajstić information content (AvgIpc) is 2.48. The van der Waals surface area contributed by atoms with Crippen molar-refractivity contribution in [2.45, 2.75) is 38.6 Å². The first-order valence-corrected chi connectivity index (χ1v) is 7.92. The molecule has 2 rings (SSSR count). The van der Waals surface area contributed by atoms with Crippen molar-refractivity contribution in [3.8, 4) is 0 Å². The van der Waals surface area contributed by atoms with Gasteiger partial charge in [-0.25, -0.2) is 9.59 Å². The van der Waals surface area contributed by atoms with Crippen LogP contribution in [0.1, 0.15) is 43.0 Å². The van der Waals surface area contributed by atoms with Crippen LogP contribution in [-0.4, -0.2) is 34.6 Å². The summed E-state index contributed by atoms with van der Waals surface area (Å²) in [7, 11) is 0. The summed E-state index contributed by atoms with van der Waals surface area (Å²) in [5.41, 5.74) is 0.638. The van der Waals surface area contributed by atoms with Crippen LogP contribution in [0, 0.1) is 0 Å². The van der Waals surface area contributed by atoms with Crippen LogP contribution in [0.15, 0.2) is 22.7 Å². The lowest BCUT2D eigenvalue weighted by molar-refractivity contribution is 0.0696. The summed E-state index contributed by atoms with van der Waals surface area (Å²) in [5, 5.41) is 11.9. The summed E-state index contributed by atoms with van der Waals surface area (Å²) in [6, 6.07) is 4.91. The number of hydrogen-bond acceptors (Lipinski definition) is 2. The number of carbonyl (C=O) groups is 2. The Balaban J connectivity index is 2.12. The molecule has 5 nitrogen and oxygen atoms in total. The van der Waals surface area contributed by atoms with Crippen molar-refractivity contribution in [2.75, 3.05) is 11.9 Å². The van der Waals surface area contributed by atoms with E-state index in [2.05, 4.69) is 28.2 Å². The van der Waals surface area contributed by atoms with Gasteiger partial charge in [-0.2, -0.15) is 0 Å². The summed E-state index contributed by atoms with van der Waals surface area (Å²) in [5.74, 6) is -1.03. The van der Waals surface area contributed by atoms with E-state index >= 15 is 0 Å². The van der Waals surface area contributed by atoms with Crippen LogP contribution in [0.5, 0.6) is 0 Å². The second-order valence-electron chi connectivity index (χ2n) is 5.18. The molecule has 1 aliphatic heterocycles. The molecular formula is C15H19BrN2O3. The van der Waals surface area contributed by atoms with Crippen LogP contribution in [0.2, 0.25) is 0 Å². The van der Waals surface area contributed by atoms with Crippen molar-refractivity contribution in [1.82, 2.24) is 4.90 Å². The molecule has 0 aromatic heterocycles. The van der Waals surface area contributed by atoms with Gasteiger partial charge in [-0.15, -0.1) is 0 Å². The zero-order chi connectivity index (χ0) is 15.4. The molecule has 6 heteroatoms. The second-order valence-corrected chi connectivity index (χ2v) is 6.04. The van der Waals surface area contributed by atoms with E-state index in [0.717, 1.165) is 32.2 Å². The number of anilines is 1. The van der Waals surface area contributed by atoms with Gasteiger partial charge in [0.15, 0.2) is 0 Å². The fourth-order valence-corrected chi connectivity index (χ4v) is 3.07. The molecule has 1 heterocycles. The van der Waals surface area contributed by atoms with Crippen molar-refractivity contribution >= 4 is 33.6 Å². The number of hydrogen-bond donors (Lipinski definition) is 2. The van der Waals surface area contributed by atoms with Crippen LogP contribution in [-0.2, 0) is 0 Å². The minimum atomic E-state index is -1.03. The minimum absolute atomic E-state index is 0.137. The fraction of sp³-hybridized carbons (Fsp3) is 0.467. The molecule has 0 bridgehead atoms. The van der Waals surface area contributed by atoms with Gasteiger partial charge in [-0.3, -0.25) is 0 Å². The Labute approximate surface area is 132 Å². The number of aromatic carboxylic acids is 1. The summed E-state index contributed by atoms with van der Waals surface area (Å²) in [6.45, 7) is 2.84. The molecule has 0 aliphatic carbocycles. The maximum Gasteiger partial charge on any atom is 0.336 e. The number of halogens is 1. The number of likely N-dealkylation sites (tertiary alicyclic amines) is 1. The van der Waals surface area contributed by atoms with E-state index < -0.39 is 5.97 Å². The standard InChI is InChI=1S/C15H19BrN2O3/c1-2-11-5-3-4-8-18(11)15(21)17-10-6-7-13(16)12(9-10)14(19)20/h6-7,9,11H,2-5,8H2,1H3,(H,17,21)(H,19,20). The first-order valence-electron chi connectivity index (χ1n) is 7.13. The third-order valence-electron chi connectivity index (χ3n) is 3.81. The van der Waals surface area contributed by atoms with E-state index in [1.807, 2.05) is 4.90 Å². The molecule has 0 saturated carbocycles. The average molecular weight is 355 g/mol. The van der Waals surface area contributed by atoms with Gasteiger partial charge in [-0.05, 0) is 59.8 Å². The van der Waals surface area contributed by atoms with E-state index in [1.54, 1.807) is 12.1 Å². The molecule has 0 spiro atoms. The summed E-state index contributed by atoms with van der Waals surface area (Å²) in [4.78, 5) is 25.3. The highest BCUT2D eigenvalue weighted by atomic mass is 79.9. The molecule has 1 unspecified atom stereocenters. The van der Waals surface area contributed by atoms with Crippen LogP contribution in [0.25, 0.3) is 0 Å². The molecule has 2 N–H and O–H groups in total. The number of carboxylic acid groups (broad SMARTS) is 1. The number of urea groups is 1. The molecule has 0 radical (unpaired) electrons. The number of nitrogens with one attached hydrogen (secondary N) is 1. The molecule has 1 aromatic rings. The van der Waals surface area contributed by atoms with Gasteiger partial charge < -0.3 is 15.3 Å². The Morgan fingerprint density at radius 2 is 2.19 bits per heavy atom. The summed E-state index contributed by atoms with van der Waals surface area (Å²) in [6.07, 6.45) is 4.15. The summed E-state index contributed by atoms with van der Waals surface area (Å²) < 4.78 is 0.498. The monoisotopic (exact) mass is 354 g/mol. The lowest BCUT2D eigenvalue weighted by Crippen LogP contribution is -2.45. The highest BCUT2D eigenvalue weighted by molar-refractivity contribution is 9.10. The predicted octanol–water partition coefficient (Wildman–Crippen LogP) is 3.94. The first kappa shape index (κ1) is 15.8. The highest BCUT2D eigenvalue weighted by Gasteiger charge is 2.25. The second kappa shape index (κ2) is 6.93. The van der Waals surface area contributed by atoms with Crippen LogP contribution in [0.3, 0.4) is 0 Å². The SMILES string of the molecule is CCC1CCCCN1C(=O)Nc1ccc(Br)c(C(=O)O)c1. The first-order chi connectivity index (χ1) is 10.0. The van der Waals surface area contributed by atoms with Crippen molar-refractivity contribution in [1.29, 1.82) is 0 Å². The molecule has 114 valence electrons. The van der Waals surface area contributed by atoms with Crippen LogP contribution in [0.4, 0.5) is 10.5 Å². The Hall–Kier alpha value is -1.56. The van der Waals surface area contributed by atoms with E-state index in [4.69, 9.17) is 5.11 Å². The number of amides is 2. The molecule has 1 atom stereocenters. The van der Waals surface area contributed by atoms with Crippen molar-refractivity contribution in [3.63, 3.8) is 0 Å². The molecular weight excluding hydrogens is 336 g/mol. The maximum absolute atomic E-state index is 12.4. The highest BCUT2D eigenvalue weighted by Crippen LogP contribution is 2.23. The Morgan fingerprint density at radius 1 is 1.43 bits per heavy atom. The lowest BCUT2D eigenvalue weighted by Gasteiger charge is -2.35. The fourth-order valence-electron chi connectivity index (χ4n) is 2.65. The van der Waals surface area contributed by atoms with Gasteiger partial charge in [0.2, 0.25) is 0 Å². The molecule has 1 saturated heterocycles. The molecule has 1 fully saturated rings.